The number of carbonyl (C=O) groups excluding carboxylic acids is 1. The first-order chi connectivity index (χ1) is 11.0. The molecule has 1 aromatic carbocycles. The van der Waals surface area contributed by atoms with Gasteiger partial charge >= 0.3 is 0 Å². The van der Waals surface area contributed by atoms with Crippen LogP contribution in [0.3, 0.4) is 0 Å². The molecule has 23 heavy (non-hydrogen) atoms. The number of aromatic nitrogens is 1. The molecule has 8 heteroatoms. The van der Waals surface area contributed by atoms with Crippen LogP contribution in [0.4, 0.5) is 0 Å². The molecule has 0 atom stereocenters. The molecule has 0 spiro atoms. The number of H-pyrrole nitrogens is 1. The van der Waals surface area contributed by atoms with Crippen molar-refractivity contribution in [3.8, 4) is 0 Å². The lowest BCUT2D eigenvalue weighted by Crippen LogP contribution is -2.50. The molecule has 1 fully saturated rings. The summed E-state index contributed by atoms with van der Waals surface area (Å²) in [6, 6.07) is 8.09. The molecule has 1 aliphatic rings. The van der Waals surface area contributed by atoms with E-state index in [0.29, 0.717) is 18.7 Å². The van der Waals surface area contributed by atoms with Gasteiger partial charge in [0.05, 0.1) is 10.6 Å². The summed E-state index contributed by atoms with van der Waals surface area (Å²) in [7, 11) is -3.64. The molecule has 0 radical (unpaired) electrons. The summed E-state index contributed by atoms with van der Waals surface area (Å²) in [4.78, 5) is 16.9. The Morgan fingerprint density at radius 2 is 1.78 bits per heavy atom. The van der Waals surface area contributed by atoms with E-state index in [1.54, 1.807) is 41.6 Å². The second-order valence-electron chi connectivity index (χ2n) is 5.23. The standard InChI is InChI=1S/C15H16ClN3O3S/c16-13-3-1-2-4-14(13)23(21,22)19-9-7-18(8-10-19)15(20)12-5-6-17-11-12/h1-6,11,17H,7-10H2. The maximum Gasteiger partial charge on any atom is 0.255 e. The zero-order valence-electron chi connectivity index (χ0n) is 12.3. The molecular weight excluding hydrogens is 338 g/mol. The van der Waals surface area contributed by atoms with Crippen LogP contribution in [0, 0.1) is 0 Å². The van der Waals surface area contributed by atoms with Gasteiger partial charge in [-0.1, -0.05) is 23.7 Å². The second-order valence-corrected chi connectivity index (χ2v) is 7.54. The van der Waals surface area contributed by atoms with Gasteiger partial charge in [-0.05, 0) is 18.2 Å². The molecule has 3 rings (SSSR count). The summed E-state index contributed by atoms with van der Waals surface area (Å²) in [5.41, 5.74) is 0.576. The van der Waals surface area contributed by atoms with Crippen molar-refractivity contribution in [2.75, 3.05) is 26.2 Å². The van der Waals surface area contributed by atoms with Gasteiger partial charge in [0.25, 0.3) is 5.91 Å². The first-order valence-corrected chi connectivity index (χ1v) is 8.99. The van der Waals surface area contributed by atoms with Crippen molar-refractivity contribution >= 4 is 27.5 Å². The average Bonchev–Trinajstić information content (AvgIpc) is 3.09. The maximum atomic E-state index is 12.6. The molecule has 1 aromatic heterocycles. The van der Waals surface area contributed by atoms with Crippen molar-refractivity contribution in [2.24, 2.45) is 0 Å². The summed E-state index contributed by atoms with van der Waals surface area (Å²) in [5, 5.41) is 0.207. The summed E-state index contributed by atoms with van der Waals surface area (Å²) >= 11 is 6.00. The minimum Gasteiger partial charge on any atom is -0.367 e. The number of rotatable bonds is 3. The highest BCUT2D eigenvalue weighted by Crippen LogP contribution is 2.25. The lowest BCUT2D eigenvalue weighted by Gasteiger charge is -2.34. The summed E-state index contributed by atoms with van der Waals surface area (Å²) in [6.45, 7) is 1.22. The number of nitrogens with zero attached hydrogens (tertiary/aromatic N) is 2. The lowest BCUT2D eigenvalue weighted by atomic mass is 10.2. The van der Waals surface area contributed by atoms with Gasteiger partial charge in [-0.2, -0.15) is 4.31 Å². The SMILES string of the molecule is O=C(c1cc[nH]c1)N1CCN(S(=O)(=O)c2ccccc2Cl)CC1. The van der Waals surface area contributed by atoms with Crippen LogP contribution in [-0.4, -0.2) is 54.7 Å². The third kappa shape index (κ3) is 3.12. The Morgan fingerprint density at radius 3 is 2.39 bits per heavy atom. The number of hydrogen-bond donors (Lipinski definition) is 1. The monoisotopic (exact) mass is 353 g/mol. The van der Waals surface area contributed by atoms with Crippen LogP contribution in [0.2, 0.25) is 5.02 Å². The van der Waals surface area contributed by atoms with Crippen LogP contribution >= 0.6 is 11.6 Å². The van der Waals surface area contributed by atoms with E-state index in [1.807, 2.05) is 0 Å². The molecule has 1 amide bonds. The molecule has 0 aliphatic carbocycles. The van der Waals surface area contributed by atoms with Crippen LogP contribution in [-0.2, 0) is 10.0 Å². The smallest absolute Gasteiger partial charge is 0.255 e. The van der Waals surface area contributed by atoms with E-state index >= 15 is 0 Å². The van der Waals surface area contributed by atoms with E-state index in [0.717, 1.165) is 0 Å². The van der Waals surface area contributed by atoms with Gasteiger partial charge in [0.15, 0.2) is 0 Å². The van der Waals surface area contributed by atoms with Gasteiger partial charge in [-0.3, -0.25) is 4.79 Å². The van der Waals surface area contributed by atoms with Gasteiger partial charge in [-0.25, -0.2) is 8.42 Å². The summed E-state index contributed by atoms with van der Waals surface area (Å²) in [6.07, 6.45) is 3.32. The minimum atomic E-state index is -3.64. The largest absolute Gasteiger partial charge is 0.367 e. The van der Waals surface area contributed by atoms with E-state index in [4.69, 9.17) is 11.6 Å². The van der Waals surface area contributed by atoms with Crippen molar-refractivity contribution in [3.63, 3.8) is 0 Å². The number of aromatic amines is 1. The van der Waals surface area contributed by atoms with Gasteiger partial charge in [-0.15, -0.1) is 0 Å². The topological polar surface area (TPSA) is 73.5 Å². The fraction of sp³-hybridized carbons (Fsp3) is 0.267. The molecule has 1 aliphatic heterocycles. The number of hydrogen-bond acceptors (Lipinski definition) is 3. The number of sulfonamides is 1. The molecule has 122 valence electrons. The number of carbonyl (C=O) groups is 1. The van der Waals surface area contributed by atoms with E-state index < -0.39 is 10.0 Å². The van der Waals surface area contributed by atoms with E-state index in [9.17, 15) is 13.2 Å². The van der Waals surface area contributed by atoms with E-state index in [-0.39, 0.29) is 28.9 Å². The predicted octanol–water partition coefficient (Wildman–Crippen LogP) is 1.81. The molecule has 0 unspecified atom stereocenters. The quantitative estimate of drug-likeness (QED) is 0.914. The molecule has 2 heterocycles. The van der Waals surface area contributed by atoms with Crippen molar-refractivity contribution in [3.05, 3.63) is 53.3 Å². The Labute approximate surface area is 139 Å². The number of amides is 1. The number of halogens is 1. The Morgan fingerprint density at radius 1 is 1.09 bits per heavy atom. The average molecular weight is 354 g/mol. The zero-order chi connectivity index (χ0) is 16.4. The molecule has 2 aromatic rings. The number of nitrogens with one attached hydrogen (secondary N) is 1. The first-order valence-electron chi connectivity index (χ1n) is 7.17. The fourth-order valence-corrected chi connectivity index (χ4v) is 4.48. The van der Waals surface area contributed by atoms with Crippen LogP contribution < -0.4 is 0 Å². The summed E-state index contributed by atoms with van der Waals surface area (Å²) < 4.78 is 26.7. The van der Waals surface area contributed by atoms with Gasteiger partial charge in [0, 0.05) is 38.6 Å². The Hall–Kier alpha value is -1.83. The first kappa shape index (κ1) is 16.0. The zero-order valence-corrected chi connectivity index (χ0v) is 13.8. The molecule has 6 nitrogen and oxygen atoms in total. The molecule has 0 saturated carbocycles. The number of benzene rings is 1. The van der Waals surface area contributed by atoms with Crippen LogP contribution in [0.25, 0.3) is 0 Å². The Balaban J connectivity index is 1.72. The minimum absolute atomic E-state index is 0.0963. The van der Waals surface area contributed by atoms with Gasteiger partial charge in [0.1, 0.15) is 4.90 Å². The Kier molecular flexibility index (Phi) is 4.43. The normalized spacial score (nSPS) is 16.5. The lowest BCUT2D eigenvalue weighted by molar-refractivity contribution is 0.0698. The highest BCUT2D eigenvalue weighted by Gasteiger charge is 2.31. The molecule has 1 saturated heterocycles. The van der Waals surface area contributed by atoms with E-state index in [2.05, 4.69) is 4.98 Å². The Bertz CT molecular complexity index is 797. The molecule has 1 N–H and O–H groups in total. The van der Waals surface area contributed by atoms with Crippen molar-refractivity contribution in [2.45, 2.75) is 4.90 Å². The molecule has 0 bridgehead atoms. The van der Waals surface area contributed by atoms with Crippen LogP contribution in [0.15, 0.2) is 47.6 Å². The highest BCUT2D eigenvalue weighted by atomic mass is 35.5. The molecular formula is C15H16ClN3O3S. The van der Waals surface area contributed by atoms with Gasteiger partial charge < -0.3 is 9.88 Å². The predicted molar refractivity (Wildman–Crippen MR) is 86.9 cm³/mol. The second kappa shape index (κ2) is 6.35. The van der Waals surface area contributed by atoms with Crippen LogP contribution in [0.1, 0.15) is 10.4 Å². The fourth-order valence-electron chi connectivity index (χ4n) is 2.56. The highest BCUT2D eigenvalue weighted by molar-refractivity contribution is 7.89. The van der Waals surface area contributed by atoms with Crippen molar-refractivity contribution in [1.29, 1.82) is 0 Å². The van der Waals surface area contributed by atoms with Gasteiger partial charge in [0.2, 0.25) is 10.0 Å². The summed E-state index contributed by atoms with van der Waals surface area (Å²) in [5.74, 6) is -0.0963. The third-order valence-corrected chi connectivity index (χ3v) is 6.22. The van der Waals surface area contributed by atoms with Crippen molar-refractivity contribution < 1.29 is 13.2 Å². The number of piperazine rings is 1. The van der Waals surface area contributed by atoms with Crippen molar-refractivity contribution in [1.82, 2.24) is 14.2 Å². The maximum absolute atomic E-state index is 12.6. The third-order valence-electron chi connectivity index (χ3n) is 3.83. The van der Waals surface area contributed by atoms with E-state index in [1.165, 1.54) is 10.4 Å². The van der Waals surface area contributed by atoms with Crippen LogP contribution in [0.5, 0.6) is 0 Å².